The summed E-state index contributed by atoms with van der Waals surface area (Å²) >= 11 is 0. The molecule has 1 aliphatic heterocycles. The lowest BCUT2D eigenvalue weighted by Gasteiger charge is -2.33. The van der Waals surface area contributed by atoms with E-state index in [9.17, 15) is 9.59 Å². The van der Waals surface area contributed by atoms with Gasteiger partial charge in [0.1, 0.15) is 6.04 Å². The van der Waals surface area contributed by atoms with Crippen LogP contribution in [0.15, 0.2) is 0 Å². The first-order valence-corrected chi connectivity index (χ1v) is 7.44. The van der Waals surface area contributed by atoms with Crippen LogP contribution in [0, 0.1) is 0 Å². The Morgan fingerprint density at radius 2 is 2.15 bits per heavy atom. The van der Waals surface area contributed by atoms with Crippen LogP contribution in [-0.4, -0.2) is 62.3 Å². The first-order valence-electron chi connectivity index (χ1n) is 7.44. The van der Waals surface area contributed by atoms with Crippen molar-refractivity contribution in [3.63, 3.8) is 0 Å². The van der Waals surface area contributed by atoms with Crippen LogP contribution in [0.25, 0.3) is 0 Å². The fourth-order valence-corrected chi connectivity index (χ4v) is 1.98. The Morgan fingerprint density at radius 1 is 1.35 bits per heavy atom. The van der Waals surface area contributed by atoms with Crippen molar-refractivity contribution in [2.45, 2.75) is 39.2 Å². The normalized spacial score (nSPS) is 19.6. The molecule has 1 rings (SSSR count). The molecular weight excluding hydrogens is 260 g/mol. The lowest BCUT2D eigenvalue weighted by Crippen LogP contribution is -2.55. The summed E-state index contributed by atoms with van der Waals surface area (Å²) in [7, 11) is 0. The van der Waals surface area contributed by atoms with Gasteiger partial charge in [-0.15, -0.1) is 0 Å². The van der Waals surface area contributed by atoms with E-state index in [2.05, 4.69) is 5.32 Å². The molecule has 0 aromatic heterocycles. The third-order valence-electron chi connectivity index (χ3n) is 3.18. The number of hydrogen-bond donors (Lipinski definition) is 1. The number of rotatable bonds is 8. The zero-order valence-corrected chi connectivity index (χ0v) is 12.5. The summed E-state index contributed by atoms with van der Waals surface area (Å²) in [5.41, 5.74) is 0. The lowest BCUT2D eigenvalue weighted by atomic mass is 10.2. The van der Waals surface area contributed by atoms with Gasteiger partial charge in [-0.25, -0.2) is 0 Å². The van der Waals surface area contributed by atoms with Crippen molar-refractivity contribution in [1.82, 2.24) is 10.2 Å². The molecule has 1 saturated heterocycles. The highest BCUT2D eigenvalue weighted by Gasteiger charge is 2.30. The van der Waals surface area contributed by atoms with Crippen LogP contribution >= 0.6 is 0 Å². The van der Waals surface area contributed by atoms with Crippen molar-refractivity contribution in [3.8, 4) is 0 Å². The van der Waals surface area contributed by atoms with Gasteiger partial charge in [-0.3, -0.25) is 14.5 Å². The number of esters is 1. The summed E-state index contributed by atoms with van der Waals surface area (Å²) in [4.78, 5) is 25.6. The molecule has 116 valence electrons. The smallest absolute Gasteiger partial charge is 0.320 e. The third kappa shape index (κ3) is 5.88. The number of ether oxygens (including phenoxy) is 2. The van der Waals surface area contributed by atoms with Gasteiger partial charge < -0.3 is 14.8 Å². The van der Waals surface area contributed by atoms with Crippen molar-refractivity contribution in [2.75, 3.05) is 39.5 Å². The summed E-state index contributed by atoms with van der Waals surface area (Å²) in [6, 6.07) is -0.394. The minimum atomic E-state index is -0.394. The van der Waals surface area contributed by atoms with Gasteiger partial charge in [-0.2, -0.15) is 0 Å². The highest BCUT2D eigenvalue weighted by Crippen LogP contribution is 2.07. The number of nitrogens with one attached hydrogen (secondary N) is 1. The first-order chi connectivity index (χ1) is 9.69. The molecule has 0 bridgehead atoms. The zero-order chi connectivity index (χ0) is 14.8. The van der Waals surface area contributed by atoms with E-state index < -0.39 is 6.04 Å². The summed E-state index contributed by atoms with van der Waals surface area (Å²) in [5.74, 6) is -0.346. The largest absolute Gasteiger partial charge is 0.465 e. The van der Waals surface area contributed by atoms with Crippen molar-refractivity contribution in [1.29, 1.82) is 0 Å². The van der Waals surface area contributed by atoms with Gasteiger partial charge in [0, 0.05) is 13.1 Å². The molecule has 0 radical (unpaired) electrons. The molecular formula is C14H26N2O4. The minimum Gasteiger partial charge on any atom is -0.465 e. The van der Waals surface area contributed by atoms with Gasteiger partial charge in [0.25, 0.3) is 0 Å². The van der Waals surface area contributed by atoms with E-state index in [1.165, 1.54) is 0 Å². The van der Waals surface area contributed by atoms with E-state index in [0.717, 1.165) is 19.3 Å². The Labute approximate surface area is 120 Å². The molecule has 1 heterocycles. The molecule has 0 saturated carbocycles. The number of carbonyl (C=O) groups is 2. The molecule has 1 fully saturated rings. The van der Waals surface area contributed by atoms with Gasteiger partial charge in [0.2, 0.25) is 5.91 Å². The minimum absolute atomic E-state index is 0.0760. The SMILES string of the molecule is CCCCOC(=O)CN1CCOCC1C(=O)NCCC. The predicted molar refractivity (Wildman–Crippen MR) is 75.3 cm³/mol. The second kappa shape index (κ2) is 9.72. The van der Waals surface area contributed by atoms with E-state index in [1.54, 1.807) is 0 Å². The Morgan fingerprint density at radius 3 is 2.85 bits per heavy atom. The van der Waals surface area contributed by atoms with Crippen LogP contribution in [0.4, 0.5) is 0 Å². The molecule has 1 amide bonds. The summed E-state index contributed by atoms with van der Waals surface area (Å²) in [5, 5.41) is 2.84. The third-order valence-corrected chi connectivity index (χ3v) is 3.18. The van der Waals surface area contributed by atoms with Crippen LogP contribution in [0.5, 0.6) is 0 Å². The molecule has 0 aromatic rings. The Bertz CT molecular complexity index is 310. The molecule has 0 aromatic carbocycles. The average Bonchev–Trinajstić information content (AvgIpc) is 2.45. The number of amides is 1. The summed E-state index contributed by atoms with van der Waals surface area (Å²) in [6.45, 7) is 6.74. The summed E-state index contributed by atoms with van der Waals surface area (Å²) < 4.78 is 10.5. The van der Waals surface area contributed by atoms with Crippen molar-refractivity contribution < 1.29 is 19.1 Å². The van der Waals surface area contributed by atoms with Crippen LogP contribution in [0.2, 0.25) is 0 Å². The van der Waals surface area contributed by atoms with Crippen LogP contribution in [-0.2, 0) is 19.1 Å². The van der Waals surface area contributed by atoms with Crippen molar-refractivity contribution >= 4 is 11.9 Å². The van der Waals surface area contributed by atoms with E-state index in [4.69, 9.17) is 9.47 Å². The van der Waals surface area contributed by atoms with E-state index in [0.29, 0.717) is 32.9 Å². The Balaban J connectivity index is 2.43. The Kier molecular flexibility index (Phi) is 8.22. The van der Waals surface area contributed by atoms with Gasteiger partial charge in [-0.1, -0.05) is 20.3 Å². The second-order valence-electron chi connectivity index (χ2n) is 4.93. The van der Waals surface area contributed by atoms with Gasteiger partial charge in [-0.05, 0) is 12.8 Å². The van der Waals surface area contributed by atoms with E-state index in [-0.39, 0.29) is 18.4 Å². The van der Waals surface area contributed by atoms with Gasteiger partial charge in [0.05, 0.1) is 26.4 Å². The highest BCUT2D eigenvalue weighted by atomic mass is 16.5. The maximum atomic E-state index is 12.0. The highest BCUT2D eigenvalue weighted by molar-refractivity contribution is 5.83. The van der Waals surface area contributed by atoms with E-state index in [1.807, 2.05) is 18.7 Å². The standard InChI is InChI=1S/C14H26N2O4/c1-3-5-8-20-13(17)10-16-7-9-19-11-12(16)14(18)15-6-4-2/h12H,3-11H2,1-2H3,(H,15,18). The number of morpholine rings is 1. The van der Waals surface area contributed by atoms with Crippen LogP contribution < -0.4 is 5.32 Å². The van der Waals surface area contributed by atoms with E-state index >= 15 is 0 Å². The maximum Gasteiger partial charge on any atom is 0.320 e. The van der Waals surface area contributed by atoms with Gasteiger partial charge >= 0.3 is 5.97 Å². The number of unbranched alkanes of at least 4 members (excludes halogenated alkanes) is 1. The molecule has 1 unspecified atom stereocenters. The molecule has 0 aliphatic carbocycles. The van der Waals surface area contributed by atoms with Crippen molar-refractivity contribution in [3.05, 3.63) is 0 Å². The summed E-state index contributed by atoms with van der Waals surface area (Å²) in [6.07, 6.45) is 2.75. The van der Waals surface area contributed by atoms with Crippen molar-refractivity contribution in [2.24, 2.45) is 0 Å². The fraction of sp³-hybridized carbons (Fsp3) is 0.857. The number of carbonyl (C=O) groups excluding carboxylic acids is 2. The van der Waals surface area contributed by atoms with Crippen LogP contribution in [0.1, 0.15) is 33.1 Å². The number of nitrogens with zero attached hydrogens (tertiary/aromatic N) is 1. The fourth-order valence-electron chi connectivity index (χ4n) is 1.98. The second-order valence-corrected chi connectivity index (χ2v) is 4.93. The molecule has 0 spiro atoms. The maximum absolute atomic E-state index is 12.0. The van der Waals surface area contributed by atoms with Crippen LogP contribution in [0.3, 0.4) is 0 Å². The molecule has 1 atom stereocenters. The predicted octanol–water partition coefficient (Wildman–Crippen LogP) is 0.557. The molecule has 6 heteroatoms. The van der Waals surface area contributed by atoms with Gasteiger partial charge in [0.15, 0.2) is 0 Å². The topological polar surface area (TPSA) is 67.9 Å². The molecule has 6 nitrogen and oxygen atoms in total. The zero-order valence-electron chi connectivity index (χ0n) is 12.5. The Hall–Kier alpha value is -1.14. The quantitative estimate of drug-likeness (QED) is 0.521. The molecule has 1 aliphatic rings. The number of hydrogen-bond acceptors (Lipinski definition) is 5. The molecule has 20 heavy (non-hydrogen) atoms. The lowest BCUT2D eigenvalue weighted by molar-refractivity contribution is -0.149. The average molecular weight is 286 g/mol. The molecule has 1 N–H and O–H groups in total. The first kappa shape index (κ1) is 16.9. The monoisotopic (exact) mass is 286 g/mol.